The summed E-state index contributed by atoms with van der Waals surface area (Å²) >= 11 is 0. The number of carbonyl (C=O) groups excluding carboxylic acids is 1. The number of hydrogen-bond donors (Lipinski definition) is 1. The highest BCUT2D eigenvalue weighted by Gasteiger charge is 2.27. The zero-order chi connectivity index (χ0) is 14.8. The van der Waals surface area contributed by atoms with Crippen LogP contribution in [0.1, 0.15) is 51.4 Å². The molecule has 1 amide bonds. The van der Waals surface area contributed by atoms with Crippen molar-refractivity contribution >= 4 is 5.91 Å². The lowest BCUT2D eigenvalue weighted by molar-refractivity contribution is -0.173. The normalized spacial score (nSPS) is 17.1. The van der Waals surface area contributed by atoms with E-state index in [1.165, 1.54) is 32.1 Å². The zero-order valence-corrected chi connectivity index (χ0v) is 11.8. The van der Waals surface area contributed by atoms with Crippen LogP contribution in [0.5, 0.6) is 0 Å². The second-order valence-electron chi connectivity index (χ2n) is 5.41. The molecule has 1 rings (SSSR count). The van der Waals surface area contributed by atoms with Gasteiger partial charge in [0.15, 0.2) is 0 Å². The van der Waals surface area contributed by atoms with Gasteiger partial charge in [-0.1, -0.05) is 32.1 Å². The maximum absolute atomic E-state index is 11.8. The van der Waals surface area contributed by atoms with Crippen molar-refractivity contribution in [2.24, 2.45) is 5.92 Å². The molecule has 1 N–H and O–H groups in total. The Bertz CT molecular complexity index is 276. The molecule has 0 heterocycles. The van der Waals surface area contributed by atoms with Crippen molar-refractivity contribution in [2.75, 3.05) is 19.8 Å². The van der Waals surface area contributed by atoms with Gasteiger partial charge in [0, 0.05) is 13.0 Å². The summed E-state index contributed by atoms with van der Waals surface area (Å²) in [5.41, 5.74) is 0. The van der Waals surface area contributed by atoms with Gasteiger partial charge in [-0.15, -0.1) is 0 Å². The Balaban J connectivity index is 1.92. The SMILES string of the molecule is O=C(CCCC1CCCCC1)NCCOCC(F)(F)F. The lowest BCUT2D eigenvalue weighted by atomic mass is 9.86. The van der Waals surface area contributed by atoms with Gasteiger partial charge in [0.05, 0.1) is 6.61 Å². The van der Waals surface area contributed by atoms with Crippen molar-refractivity contribution < 1.29 is 22.7 Å². The van der Waals surface area contributed by atoms with Gasteiger partial charge >= 0.3 is 6.18 Å². The molecular weight excluding hydrogens is 271 g/mol. The van der Waals surface area contributed by atoms with E-state index in [0.717, 1.165) is 18.8 Å². The number of ether oxygens (including phenoxy) is 1. The largest absolute Gasteiger partial charge is 0.411 e. The predicted molar refractivity (Wildman–Crippen MR) is 70.3 cm³/mol. The Hall–Kier alpha value is -0.780. The van der Waals surface area contributed by atoms with Crippen LogP contribution < -0.4 is 5.32 Å². The van der Waals surface area contributed by atoms with Crippen molar-refractivity contribution in [1.29, 1.82) is 0 Å². The highest BCUT2D eigenvalue weighted by Crippen LogP contribution is 2.27. The van der Waals surface area contributed by atoms with Crippen molar-refractivity contribution in [2.45, 2.75) is 57.5 Å². The number of halogens is 3. The lowest BCUT2D eigenvalue weighted by Crippen LogP contribution is -2.28. The first kappa shape index (κ1) is 17.3. The minimum atomic E-state index is -4.30. The summed E-state index contributed by atoms with van der Waals surface area (Å²) in [6.45, 7) is -1.23. The quantitative estimate of drug-likeness (QED) is 0.697. The van der Waals surface area contributed by atoms with Crippen LogP contribution in [0.15, 0.2) is 0 Å². The molecule has 118 valence electrons. The van der Waals surface area contributed by atoms with Crippen LogP contribution in [0.25, 0.3) is 0 Å². The smallest absolute Gasteiger partial charge is 0.370 e. The van der Waals surface area contributed by atoms with Gasteiger partial charge in [0.25, 0.3) is 0 Å². The number of hydrogen-bond acceptors (Lipinski definition) is 2. The van der Waals surface area contributed by atoms with E-state index in [-0.39, 0.29) is 19.1 Å². The molecule has 0 aliphatic heterocycles. The summed E-state index contributed by atoms with van der Waals surface area (Å²) in [6, 6.07) is 0. The second-order valence-corrected chi connectivity index (χ2v) is 5.41. The Morgan fingerprint density at radius 3 is 2.55 bits per heavy atom. The van der Waals surface area contributed by atoms with Gasteiger partial charge in [-0.2, -0.15) is 13.2 Å². The van der Waals surface area contributed by atoms with Gasteiger partial charge in [-0.25, -0.2) is 0 Å². The summed E-state index contributed by atoms with van der Waals surface area (Å²) in [5, 5.41) is 2.58. The van der Waals surface area contributed by atoms with Crippen molar-refractivity contribution in [3.63, 3.8) is 0 Å². The number of rotatable bonds is 8. The molecule has 1 aliphatic rings. The van der Waals surface area contributed by atoms with Crippen LogP contribution in [0.4, 0.5) is 13.2 Å². The topological polar surface area (TPSA) is 38.3 Å². The number of carbonyl (C=O) groups is 1. The molecule has 1 fully saturated rings. The van der Waals surface area contributed by atoms with Crippen LogP contribution in [0.2, 0.25) is 0 Å². The molecule has 3 nitrogen and oxygen atoms in total. The van der Waals surface area contributed by atoms with Crippen LogP contribution in [-0.2, 0) is 9.53 Å². The zero-order valence-electron chi connectivity index (χ0n) is 11.8. The summed E-state index contributed by atoms with van der Waals surface area (Å²) < 4.78 is 39.7. The fourth-order valence-electron chi connectivity index (χ4n) is 2.57. The molecule has 6 heteroatoms. The molecule has 0 aromatic heterocycles. The molecule has 0 atom stereocenters. The molecule has 0 aromatic rings. The minimum Gasteiger partial charge on any atom is -0.370 e. The maximum Gasteiger partial charge on any atom is 0.411 e. The molecule has 0 aromatic carbocycles. The van der Waals surface area contributed by atoms with E-state index in [1.54, 1.807) is 0 Å². The fraction of sp³-hybridized carbons (Fsp3) is 0.929. The fourth-order valence-corrected chi connectivity index (χ4v) is 2.57. The van der Waals surface area contributed by atoms with Gasteiger partial charge in [-0.3, -0.25) is 4.79 Å². The standard InChI is InChI=1S/C14H24F3NO2/c15-14(16,17)11-20-10-9-18-13(19)8-4-7-12-5-2-1-3-6-12/h12H,1-11H2,(H,18,19). The van der Waals surface area contributed by atoms with Crippen molar-refractivity contribution in [3.8, 4) is 0 Å². The molecule has 1 aliphatic carbocycles. The third-order valence-electron chi connectivity index (χ3n) is 3.58. The summed E-state index contributed by atoms with van der Waals surface area (Å²) in [4.78, 5) is 11.5. The van der Waals surface area contributed by atoms with Crippen LogP contribution in [-0.4, -0.2) is 31.8 Å². The van der Waals surface area contributed by atoms with Gasteiger partial charge < -0.3 is 10.1 Å². The first-order chi connectivity index (χ1) is 9.47. The average Bonchev–Trinajstić information content (AvgIpc) is 2.38. The average molecular weight is 295 g/mol. The van der Waals surface area contributed by atoms with E-state index in [0.29, 0.717) is 6.42 Å². The molecule has 20 heavy (non-hydrogen) atoms. The highest BCUT2D eigenvalue weighted by molar-refractivity contribution is 5.75. The molecular formula is C14H24F3NO2. The Morgan fingerprint density at radius 1 is 1.20 bits per heavy atom. The van der Waals surface area contributed by atoms with E-state index in [4.69, 9.17) is 0 Å². The molecule has 0 saturated heterocycles. The monoisotopic (exact) mass is 295 g/mol. The van der Waals surface area contributed by atoms with Crippen molar-refractivity contribution in [3.05, 3.63) is 0 Å². The van der Waals surface area contributed by atoms with E-state index >= 15 is 0 Å². The summed E-state index contributed by atoms with van der Waals surface area (Å²) in [5.74, 6) is 0.656. The molecule has 0 unspecified atom stereocenters. The van der Waals surface area contributed by atoms with Gasteiger partial charge in [0.2, 0.25) is 5.91 Å². The first-order valence-corrected chi connectivity index (χ1v) is 7.38. The predicted octanol–water partition coefficient (Wildman–Crippen LogP) is 3.43. The summed E-state index contributed by atoms with van der Waals surface area (Å²) in [7, 11) is 0. The Kier molecular flexibility index (Phi) is 7.95. The number of amides is 1. The van der Waals surface area contributed by atoms with E-state index in [2.05, 4.69) is 10.1 Å². The molecule has 0 spiro atoms. The first-order valence-electron chi connectivity index (χ1n) is 7.38. The van der Waals surface area contributed by atoms with E-state index in [1.807, 2.05) is 0 Å². The maximum atomic E-state index is 11.8. The van der Waals surface area contributed by atoms with Crippen LogP contribution >= 0.6 is 0 Å². The third kappa shape index (κ3) is 9.18. The molecule has 1 saturated carbocycles. The number of nitrogens with one attached hydrogen (secondary N) is 1. The third-order valence-corrected chi connectivity index (χ3v) is 3.58. The van der Waals surface area contributed by atoms with Gasteiger partial charge in [-0.05, 0) is 18.8 Å². The van der Waals surface area contributed by atoms with E-state index < -0.39 is 12.8 Å². The second kappa shape index (κ2) is 9.21. The Labute approximate surface area is 118 Å². The lowest BCUT2D eigenvalue weighted by Gasteiger charge is -2.21. The van der Waals surface area contributed by atoms with E-state index in [9.17, 15) is 18.0 Å². The minimum absolute atomic E-state index is 0.101. The Morgan fingerprint density at radius 2 is 1.90 bits per heavy atom. The number of alkyl halides is 3. The molecule has 0 bridgehead atoms. The highest BCUT2D eigenvalue weighted by atomic mass is 19.4. The van der Waals surface area contributed by atoms with Crippen LogP contribution in [0, 0.1) is 5.92 Å². The van der Waals surface area contributed by atoms with Crippen molar-refractivity contribution in [1.82, 2.24) is 5.32 Å². The van der Waals surface area contributed by atoms with Gasteiger partial charge in [0.1, 0.15) is 6.61 Å². The summed E-state index contributed by atoms with van der Waals surface area (Å²) in [6.07, 6.45) is 4.56. The van der Waals surface area contributed by atoms with Crippen LogP contribution in [0.3, 0.4) is 0 Å². The molecule has 0 radical (unpaired) electrons.